The van der Waals surface area contributed by atoms with Crippen LogP contribution in [0.15, 0.2) is 18.3 Å². The Labute approximate surface area is 111 Å². The van der Waals surface area contributed by atoms with Gasteiger partial charge >= 0.3 is 0 Å². The first-order valence-electron chi connectivity index (χ1n) is 5.66. The van der Waals surface area contributed by atoms with E-state index < -0.39 is 0 Å². The highest BCUT2D eigenvalue weighted by molar-refractivity contribution is 6.32. The summed E-state index contributed by atoms with van der Waals surface area (Å²) in [5.74, 6) is 6.29. The van der Waals surface area contributed by atoms with Crippen LogP contribution in [0.5, 0.6) is 0 Å². The summed E-state index contributed by atoms with van der Waals surface area (Å²) in [4.78, 5) is 0. The molecule has 2 rings (SSSR count). The summed E-state index contributed by atoms with van der Waals surface area (Å²) < 4.78 is 5.13. The molecule has 0 fully saturated rings. The van der Waals surface area contributed by atoms with Gasteiger partial charge in [0.15, 0.2) is 0 Å². The predicted molar refractivity (Wildman–Crippen MR) is 73.6 cm³/mol. The first-order valence-corrected chi connectivity index (χ1v) is 6.04. The summed E-state index contributed by atoms with van der Waals surface area (Å²) in [6, 6.07) is 3.79. The molecule has 0 aliphatic rings. The van der Waals surface area contributed by atoms with E-state index in [9.17, 15) is 0 Å². The van der Waals surface area contributed by atoms with Gasteiger partial charge in [-0.1, -0.05) is 23.4 Å². The minimum Gasteiger partial charge on any atom is -0.383 e. The van der Waals surface area contributed by atoms with Crippen LogP contribution in [-0.4, -0.2) is 23.9 Å². The van der Waals surface area contributed by atoms with Gasteiger partial charge in [0.1, 0.15) is 0 Å². The molecule has 94 valence electrons. The minimum atomic E-state index is -0.193. The summed E-state index contributed by atoms with van der Waals surface area (Å²) >= 11 is 6.19. The zero-order chi connectivity index (χ0) is 13.2. The molecule has 4 heteroatoms. The van der Waals surface area contributed by atoms with E-state index in [0.717, 1.165) is 16.5 Å². The number of hydrogen-bond donors (Lipinski definition) is 1. The van der Waals surface area contributed by atoms with Crippen molar-refractivity contribution in [1.29, 1.82) is 0 Å². The second-order valence-corrected chi connectivity index (χ2v) is 5.26. The van der Waals surface area contributed by atoms with E-state index in [0.29, 0.717) is 11.6 Å². The number of fused-ring (bicyclic) bond motifs is 1. The molecule has 2 aromatic rings. The van der Waals surface area contributed by atoms with Crippen molar-refractivity contribution < 1.29 is 4.74 Å². The van der Waals surface area contributed by atoms with Crippen LogP contribution in [0.2, 0.25) is 5.02 Å². The lowest BCUT2D eigenvalue weighted by Gasteiger charge is -2.15. The molecular formula is C14H15ClN2O. The van der Waals surface area contributed by atoms with Crippen LogP contribution in [0.25, 0.3) is 10.9 Å². The third-order valence-electron chi connectivity index (χ3n) is 2.57. The van der Waals surface area contributed by atoms with Crippen molar-refractivity contribution in [2.75, 3.05) is 13.7 Å². The van der Waals surface area contributed by atoms with E-state index in [2.05, 4.69) is 22.0 Å². The zero-order valence-electron chi connectivity index (χ0n) is 10.7. The Morgan fingerprint density at radius 2 is 2.22 bits per heavy atom. The molecule has 0 aliphatic heterocycles. The second kappa shape index (κ2) is 5.01. The van der Waals surface area contributed by atoms with Crippen molar-refractivity contribution >= 4 is 22.5 Å². The molecule has 1 heterocycles. The van der Waals surface area contributed by atoms with Gasteiger partial charge in [0.25, 0.3) is 0 Å². The highest BCUT2D eigenvalue weighted by Gasteiger charge is 2.13. The van der Waals surface area contributed by atoms with Crippen molar-refractivity contribution in [2.45, 2.75) is 13.8 Å². The van der Waals surface area contributed by atoms with Crippen LogP contribution in [-0.2, 0) is 4.74 Å². The molecule has 0 atom stereocenters. The Bertz CT molecular complexity index is 619. The number of aromatic amines is 1. The van der Waals surface area contributed by atoms with Crippen LogP contribution in [0.3, 0.4) is 0 Å². The Morgan fingerprint density at radius 3 is 2.94 bits per heavy atom. The molecule has 0 aliphatic carbocycles. The molecule has 18 heavy (non-hydrogen) atoms. The number of hydrogen-bond acceptors (Lipinski definition) is 2. The smallest absolute Gasteiger partial charge is 0.0663 e. The molecule has 0 amide bonds. The lowest BCUT2D eigenvalue weighted by molar-refractivity contribution is 0.137. The van der Waals surface area contributed by atoms with Gasteiger partial charge in [-0.25, -0.2) is 0 Å². The predicted octanol–water partition coefficient (Wildman–Crippen LogP) is 3.24. The Hall–Kier alpha value is -1.50. The first-order chi connectivity index (χ1) is 8.52. The van der Waals surface area contributed by atoms with Gasteiger partial charge in [-0.2, -0.15) is 5.10 Å². The average molecular weight is 263 g/mol. The fourth-order valence-electron chi connectivity index (χ4n) is 1.69. The summed E-state index contributed by atoms with van der Waals surface area (Å²) in [6.07, 6.45) is 1.74. The zero-order valence-corrected chi connectivity index (χ0v) is 11.4. The van der Waals surface area contributed by atoms with Crippen LogP contribution in [0.4, 0.5) is 0 Å². The highest BCUT2D eigenvalue weighted by atomic mass is 35.5. The van der Waals surface area contributed by atoms with Crippen molar-refractivity contribution in [1.82, 2.24) is 10.2 Å². The molecule has 0 saturated heterocycles. The Morgan fingerprint density at radius 1 is 1.44 bits per heavy atom. The van der Waals surface area contributed by atoms with E-state index in [1.807, 2.05) is 26.0 Å². The topological polar surface area (TPSA) is 37.9 Å². The van der Waals surface area contributed by atoms with Gasteiger partial charge in [0, 0.05) is 23.5 Å². The van der Waals surface area contributed by atoms with Gasteiger partial charge in [-0.05, 0) is 26.0 Å². The van der Waals surface area contributed by atoms with Gasteiger partial charge in [0.05, 0.1) is 23.3 Å². The number of nitrogens with zero attached hydrogens (tertiary/aromatic N) is 1. The maximum atomic E-state index is 6.19. The number of benzene rings is 1. The molecule has 1 aromatic heterocycles. The van der Waals surface area contributed by atoms with E-state index in [1.165, 1.54) is 0 Å². The van der Waals surface area contributed by atoms with Crippen molar-refractivity contribution in [3.8, 4) is 11.8 Å². The number of methoxy groups -OCH3 is 1. The van der Waals surface area contributed by atoms with E-state index in [1.54, 1.807) is 13.3 Å². The molecule has 3 nitrogen and oxygen atoms in total. The number of halogens is 1. The maximum Gasteiger partial charge on any atom is 0.0663 e. The number of aromatic nitrogens is 2. The molecular weight excluding hydrogens is 248 g/mol. The molecule has 1 N–H and O–H groups in total. The average Bonchev–Trinajstić information content (AvgIpc) is 2.72. The van der Waals surface area contributed by atoms with Gasteiger partial charge in [0.2, 0.25) is 0 Å². The molecule has 0 radical (unpaired) electrons. The lowest BCUT2D eigenvalue weighted by Crippen LogP contribution is -2.15. The largest absolute Gasteiger partial charge is 0.383 e. The van der Waals surface area contributed by atoms with Crippen LogP contribution >= 0.6 is 11.6 Å². The first kappa shape index (κ1) is 12.9. The Balaban J connectivity index is 2.37. The van der Waals surface area contributed by atoms with Crippen LogP contribution in [0.1, 0.15) is 19.4 Å². The van der Waals surface area contributed by atoms with E-state index in [4.69, 9.17) is 16.3 Å². The molecule has 0 saturated carbocycles. The summed E-state index contributed by atoms with van der Waals surface area (Å²) in [7, 11) is 1.67. The van der Waals surface area contributed by atoms with Gasteiger partial charge < -0.3 is 4.74 Å². The van der Waals surface area contributed by atoms with Crippen LogP contribution in [0, 0.1) is 17.3 Å². The summed E-state index contributed by atoms with van der Waals surface area (Å²) in [5, 5.41) is 8.51. The third-order valence-corrected chi connectivity index (χ3v) is 2.88. The van der Waals surface area contributed by atoms with Gasteiger partial charge in [-0.15, -0.1) is 0 Å². The molecule has 0 bridgehead atoms. The second-order valence-electron chi connectivity index (χ2n) is 4.86. The quantitative estimate of drug-likeness (QED) is 0.844. The molecule has 0 spiro atoms. The van der Waals surface area contributed by atoms with E-state index >= 15 is 0 Å². The van der Waals surface area contributed by atoms with Crippen molar-refractivity contribution in [2.24, 2.45) is 5.41 Å². The fourth-order valence-corrected chi connectivity index (χ4v) is 1.91. The normalized spacial score (nSPS) is 11.3. The molecule has 0 unspecified atom stereocenters. The summed E-state index contributed by atoms with van der Waals surface area (Å²) in [6.45, 7) is 4.65. The Kier molecular flexibility index (Phi) is 3.60. The van der Waals surface area contributed by atoms with Crippen molar-refractivity contribution in [3.63, 3.8) is 0 Å². The monoisotopic (exact) mass is 262 g/mol. The fraction of sp³-hybridized carbons (Fsp3) is 0.357. The van der Waals surface area contributed by atoms with Gasteiger partial charge in [-0.3, -0.25) is 5.10 Å². The lowest BCUT2D eigenvalue weighted by atomic mass is 9.95. The standard InChI is InChI=1S/C14H15ClN2O/c1-14(2,9-18-3)5-4-10-7-13-11(6-12(10)15)8-16-17-13/h6-8H,9H2,1-3H3,(H,16,17). The minimum absolute atomic E-state index is 0.193. The summed E-state index contributed by atoms with van der Waals surface area (Å²) in [5.41, 5.74) is 1.55. The van der Waals surface area contributed by atoms with E-state index in [-0.39, 0.29) is 5.41 Å². The number of ether oxygens (including phenoxy) is 1. The number of rotatable bonds is 2. The number of H-pyrrole nitrogens is 1. The third kappa shape index (κ3) is 2.84. The number of nitrogens with one attached hydrogen (secondary N) is 1. The van der Waals surface area contributed by atoms with Crippen LogP contribution < -0.4 is 0 Å². The SMILES string of the molecule is COCC(C)(C)C#Cc1cc2[nH]ncc2cc1Cl. The molecule has 1 aromatic carbocycles. The van der Waals surface area contributed by atoms with Crippen molar-refractivity contribution in [3.05, 3.63) is 28.9 Å². The highest BCUT2D eigenvalue weighted by Crippen LogP contribution is 2.22. The maximum absolute atomic E-state index is 6.19.